The SMILES string of the molecule is CCNCCOc1ccc(S(=O)(=O)N(CC)C(C)C)cc1. The zero-order valence-electron chi connectivity index (χ0n) is 13.3. The van der Waals surface area contributed by atoms with Crippen LogP contribution in [0.2, 0.25) is 0 Å². The van der Waals surface area contributed by atoms with Crippen LogP contribution in [0.4, 0.5) is 0 Å². The molecule has 0 aliphatic carbocycles. The van der Waals surface area contributed by atoms with Crippen LogP contribution in [0.25, 0.3) is 0 Å². The molecule has 0 aliphatic heterocycles. The Balaban J connectivity index is 2.77. The molecule has 1 rings (SSSR count). The Morgan fingerprint density at radius 3 is 2.29 bits per heavy atom. The molecule has 0 radical (unpaired) electrons. The van der Waals surface area contributed by atoms with E-state index in [0.29, 0.717) is 23.8 Å². The molecule has 0 saturated carbocycles. The fourth-order valence-electron chi connectivity index (χ4n) is 2.07. The van der Waals surface area contributed by atoms with Gasteiger partial charge in [0.2, 0.25) is 10.0 Å². The van der Waals surface area contributed by atoms with E-state index in [9.17, 15) is 8.42 Å². The third kappa shape index (κ3) is 4.98. The summed E-state index contributed by atoms with van der Waals surface area (Å²) in [6.07, 6.45) is 0. The molecule has 21 heavy (non-hydrogen) atoms. The van der Waals surface area contributed by atoms with E-state index in [2.05, 4.69) is 5.32 Å². The van der Waals surface area contributed by atoms with Gasteiger partial charge >= 0.3 is 0 Å². The van der Waals surface area contributed by atoms with Crippen molar-refractivity contribution in [3.05, 3.63) is 24.3 Å². The average Bonchev–Trinajstić information content (AvgIpc) is 2.44. The third-order valence-electron chi connectivity index (χ3n) is 3.12. The van der Waals surface area contributed by atoms with Crippen LogP contribution in [-0.4, -0.2) is 45.0 Å². The number of rotatable bonds is 9. The molecule has 0 heterocycles. The number of nitrogens with zero attached hydrogens (tertiary/aromatic N) is 1. The van der Waals surface area contributed by atoms with Crippen molar-refractivity contribution in [2.75, 3.05) is 26.2 Å². The first-order valence-electron chi connectivity index (χ1n) is 7.38. The Morgan fingerprint density at radius 1 is 1.19 bits per heavy atom. The summed E-state index contributed by atoms with van der Waals surface area (Å²) in [6, 6.07) is 6.54. The topological polar surface area (TPSA) is 58.6 Å². The van der Waals surface area contributed by atoms with Gasteiger partial charge in [-0.25, -0.2) is 8.42 Å². The summed E-state index contributed by atoms with van der Waals surface area (Å²) in [7, 11) is -3.43. The van der Waals surface area contributed by atoms with Crippen LogP contribution >= 0.6 is 0 Å². The molecule has 0 fully saturated rings. The lowest BCUT2D eigenvalue weighted by atomic mass is 10.3. The molecule has 0 unspecified atom stereocenters. The number of nitrogens with one attached hydrogen (secondary N) is 1. The summed E-state index contributed by atoms with van der Waals surface area (Å²) in [5.74, 6) is 0.680. The van der Waals surface area contributed by atoms with Crippen molar-refractivity contribution in [2.24, 2.45) is 0 Å². The summed E-state index contributed by atoms with van der Waals surface area (Å²) >= 11 is 0. The highest BCUT2D eigenvalue weighted by molar-refractivity contribution is 7.89. The molecule has 0 bridgehead atoms. The molecule has 0 amide bonds. The van der Waals surface area contributed by atoms with Gasteiger partial charge in [-0.2, -0.15) is 4.31 Å². The second-order valence-corrected chi connectivity index (χ2v) is 6.87. The van der Waals surface area contributed by atoms with E-state index >= 15 is 0 Å². The van der Waals surface area contributed by atoms with Gasteiger partial charge in [0, 0.05) is 19.1 Å². The lowest BCUT2D eigenvalue weighted by molar-refractivity contribution is 0.315. The molecule has 1 N–H and O–H groups in total. The molecular weight excluding hydrogens is 288 g/mol. The van der Waals surface area contributed by atoms with Crippen molar-refractivity contribution in [3.63, 3.8) is 0 Å². The summed E-state index contributed by atoms with van der Waals surface area (Å²) < 4.78 is 32.0. The highest BCUT2D eigenvalue weighted by Gasteiger charge is 2.25. The Hall–Kier alpha value is -1.11. The third-order valence-corrected chi connectivity index (χ3v) is 5.28. The molecule has 5 nitrogen and oxygen atoms in total. The highest BCUT2D eigenvalue weighted by Crippen LogP contribution is 2.21. The quantitative estimate of drug-likeness (QED) is 0.709. The number of likely N-dealkylation sites (N-methyl/N-ethyl adjacent to an activating group) is 1. The monoisotopic (exact) mass is 314 g/mol. The second kappa shape index (κ2) is 8.36. The standard InChI is InChI=1S/C15H26N2O3S/c1-5-16-11-12-20-14-7-9-15(10-8-14)21(18,19)17(6-2)13(3)4/h7-10,13,16H,5-6,11-12H2,1-4H3. The smallest absolute Gasteiger partial charge is 0.243 e. The van der Waals surface area contributed by atoms with Gasteiger partial charge in [0.05, 0.1) is 4.90 Å². The minimum Gasteiger partial charge on any atom is -0.492 e. The predicted octanol–water partition coefficient (Wildman–Crippen LogP) is 2.09. The van der Waals surface area contributed by atoms with Crippen LogP contribution < -0.4 is 10.1 Å². The number of hydrogen-bond donors (Lipinski definition) is 1. The van der Waals surface area contributed by atoms with Crippen molar-refractivity contribution in [1.29, 1.82) is 0 Å². The van der Waals surface area contributed by atoms with Crippen LogP contribution in [-0.2, 0) is 10.0 Å². The number of sulfonamides is 1. The fraction of sp³-hybridized carbons (Fsp3) is 0.600. The normalized spacial score (nSPS) is 12.1. The minimum absolute atomic E-state index is 0.0592. The molecule has 0 saturated heterocycles. The molecule has 6 heteroatoms. The van der Waals surface area contributed by atoms with Gasteiger partial charge in [-0.05, 0) is 44.7 Å². The maximum Gasteiger partial charge on any atom is 0.243 e. The summed E-state index contributed by atoms with van der Waals surface area (Å²) in [5.41, 5.74) is 0. The number of benzene rings is 1. The van der Waals surface area contributed by atoms with Gasteiger partial charge in [0.1, 0.15) is 12.4 Å². The zero-order valence-corrected chi connectivity index (χ0v) is 14.1. The van der Waals surface area contributed by atoms with Crippen molar-refractivity contribution >= 4 is 10.0 Å². The van der Waals surface area contributed by atoms with Crippen LogP contribution in [0.15, 0.2) is 29.2 Å². The largest absolute Gasteiger partial charge is 0.492 e. The highest BCUT2D eigenvalue weighted by atomic mass is 32.2. The minimum atomic E-state index is -3.43. The number of ether oxygens (including phenoxy) is 1. The molecule has 0 spiro atoms. The van der Waals surface area contributed by atoms with Crippen molar-refractivity contribution in [2.45, 2.75) is 38.6 Å². The van der Waals surface area contributed by atoms with E-state index in [-0.39, 0.29) is 6.04 Å². The van der Waals surface area contributed by atoms with Crippen LogP contribution in [0.1, 0.15) is 27.7 Å². The first kappa shape index (κ1) is 17.9. The molecule has 0 aromatic heterocycles. The van der Waals surface area contributed by atoms with Gasteiger partial charge < -0.3 is 10.1 Å². The van der Waals surface area contributed by atoms with E-state index in [1.54, 1.807) is 24.3 Å². The summed E-state index contributed by atoms with van der Waals surface area (Å²) in [5, 5.41) is 3.16. The maximum atomic E-state index is 12.5. The molecular formula is C15H26N2O3S. The molecule has 0 aliphatic rings. The fourth-order valence-corrected chi connectivity index (χ4v) is 3.72. The summed E-state index contributed by atoms with van der Waals surface area (Å²) in [6.45, 7) is 10.3. The lowest BCUT2D eigenvalue weighted by Gasteiger charge is -2.24. The van der Waals surface area contributed by atoms with E-state index in [4.69, 9.17) is 4.74 Å². The zero-order chi connectivity index (χ0) is 15.9. The van der Waals surface area contributed by atoms with Crippen LogP contribution in [0, 0.1) is 0 Å². The lowest BCUT2D eigenvalue weighted by Crippen LogP contribution is -2.36. The van der Waals surface area contributed by atoms with Gasteiger partial charge in [0.15, 0.2) is 0 Å². The molecule has 120 valence electrons. The Kier molecular flexibility index (Phi) is 7.14. The van der Waals surface area contributed by atoms with Gasteiger partial charge in [0.25, 0.3) is 0 Å². The van der Waals surface area contributed by atoms with Crippen LogP contribution in [0.3, 0.4) is 0 Å². The van der Waals surface area contributed by atoms with Gasteiger partial charge in [-0.15, -0.1) is 0 Å². The predicted molar refractivity (Wildman–Crippen MR) is 85.2 cm³/mol. The van der Waals surface area contributed by atoms with Crippen molar-refractivity contribution < 1.29 is 13.2 Å². The van der Waals surface area contributed by atoms with E-state index in [0.717, 1.165) is 13.1 Å². The van der Waals surface area contributed by atoms with Gasteiger partial charge in [-0.3, -0.25) is 0 Å². The molecule has 0 atom stereocenters. The van der Waals surface area contributed by atoms with Crippen LogP contribution in [0.5, 0.6) is 5.75 Å². The average molecular weight is 314 g/mol. The second-order valence-electron chi connectivity index (χ2n) is 4.98. The number of hydrogen-bond acceptors (Lipinski definition) is 4. The first-order chi connectivity index (χ1) is 9.93. The van der Waals surface area contributed by atoms with E-state index < -0.39 is 10.0 Å². The Labute approximate surface area is 128 Å². The van der Waals surface area contributed by atoms with Crippen molar-refractivity contribution in [3.8, 4) is 5.75 Å². The summed E-state index contributed by atoms with van der Waals surface area (Å²) in [4.78, 5) is 0.303. The van der Waals surface area contributed by atoms with E-state index in [1.165, 1.54) is 4.31 Å². The van der Waals surface area contributed by atoms with Gasteiger partial charge in [-0.1, -0.05) is 13.8 Å². The Bertz CT molecular complexity index is 512. The maximum absolute atomic E-state index is 12.5. The molecule has 1 aromatic rings. The first-order valence-corrected chi connectivity index (χ1v) is 8.82. The van der Waals surface area contributed by atoms with E-state index in [1.807, 2.05) is 27.7 Å². The molecule has 1 aromatic carbocycles. The van der Waals surface area contributed by atoms with Crippen molar-refractivity contribution in [1.82, 2.24) is 9.62 Å². The Morgan fingerprint density at radius 2 is 1.81 bits per heavy atom.